The fourth-order valence-corrected chi connectivity index (χ4v) is 0.859. The molecule has 0 fully saturated rings. The van der Waals surface area contributed by atoms with Crippen molar-refractivity contribution in [1.82, 2.24) is 15.0 Å². The minimum Gasteiger partial charge on any atom is -0.252 e. The number of aryl methyl sites for hydroxylation is 1. The van der Waals surface area contributed by atoms with E-state index in [1.54, 1.807) is 0 Å². The molecule has 0 atom stereocenters. The average molecular weight is 169 g/mol. The number of hydrogen-bond donors (Lipinski definition) is 0. The number of nitrogens with zero attached hydrogens (tertiary/aromatic N) is 3. The zero-order valence-corrected chi connectivity index (χ0v) is 8.70. The molecule has 0 spiro atoms. The van der Waals surface area contributed by atoms with Crippen LogP contribution in [-0.4, -0.2) is 15.0 Å². The fraction of sp³-hybridized carbons (Fsp3) is 0.778. The molecule has 1 heterocycles. The normalized spacial score (nSPS) is 9.50. The lowest BCUT2D eigenvalue weighted by Crippen LogP contribution is -2.04. The first-order valence-electron chi connectivity index (χ1n) is 4.55. The minimum atomic E-state index is 0.640. The van der Waals surface area contributed by atoms with Crippen LogP contribution in [-0.2, 0) is 6.54 Å². The van der Waals surface area contributed by atoms with Gasteiger partial charge in [0.1, 0.15) is 0 Å². The molecule has 0 unspecified atom stereocenters. The summed E-state index contributed by atoms with van der Waals surface area (Å²) in [6.45, 7) is 11.2. The molecule has 0 amide bonds. The summed E-state index contributed by atoms with van der Waals surface area (Å²) in [5, 5.41) is 7.81. The van der Waals surface area contributed by atoms with E-state index < -0.39 is 0 Å². The van der Waals surface area contributed by atoms with E-state index in [0.717, 1.165) is 12.2 Å². The monoisotopic (exact) mass is 169 g/mol. The molecule has 0 aliphatic rings. The Balaban J connectivity index is 0.000000561. The van der Waals surface area contributed by atoms with Crippen molar-refractivity contribution in [3.8, 4) is 0 Å². The van der Waals surface area contributed by atoms with Crippen LogP contribution >= 0.6 is 0 Å². The topological polar surface area (TPSA) is 30.7 Å². The number of rotatable bonds is 2. The molecule has 0 aromatic carbocycles. The van der Waals surface area contributed by atoms with Crippen molar-refractivity contribution < 1.29 is 0 Å². The van der Waals surface area contributed by atoms with Gasteiger partial charge in [0.25, 0.3) is 0 Å². The zero-order chi connectivity index (χ0) is 9.56. The first-order valence-corrected chi connectivity index (χ1v) is 4.55. The number of hydrogen-bond acceptors (Lipinski definition) is 2. The van der Waals surface area contributed by atoms with E-state index in [4.69, 9.17) is 0 Å². The molecule has 3 nitrogen and oxygen atoms in total. The Morgan fingerprint density at radius 1 is 1.42 bits per heavy atom. The molecule has 0 aliphatic heterocycles. The van der Waals surface area contributed by atoms with E-state index in [2.05, 4.69) is 24.2 Å². The largest absolute Gasteiger partial charge is 0.252 e. The molecule has 0 radical (unpaired) electrons. The molecular formula is C9H19N3. The van der Waals surface area contributed by atoms with Crippen LogP contribution in [0, 0.1) is 12.8 Å². The maximum absolute atomic E-state index is 3.92. The predicted molar refractivity (Wildman–Crippen MR) is 50.9 cm³/mol. The van der Waals surface area contributed by atoms with Crippen molar-refractivity contribution in [2.24, 2.45) is 5.92 Å². The van der Waals surface area contributed by atoms with Crippen LogP contribution in [0.25, 0.3) is 0 Å². The van der Waals surface area contributed by atoms with E-state index >= 15 is 0 Å². The second-order valence-corrected chi connectivity index (χ2v) is 2.98. The van der Waals surface area contributed by atoms with Crippen LogP contribution < -0.4 is 0 Å². The molecule has 1 rings (SSSR count). The Kier molecular flexibility index (Phi) is 5.34. The zero-order valence-electron chi connectivity index (χ0n) is 8.70. The van der Waals surface area contributed by atoms with E-state index in [0.29, 0.717) is 5.92 Å². The van der Waals surface area contributed by atoms with Gasteiger partial charge in [-0.05, 0) is 12.8 Å². The molecule has 1 aromatic heterocycles. The van der Waals surface area contributed by atoms with Gasteiger partial charge in [0.05, 0.1) is 5.69 Å². The second-order valence-electron chi connectivity index (χ2n) is 2.98. The summed E-state index contributed by atoms with van der Waals surface area (Å²) in [6, 6.07) is 0. The van der Waals surface area contributed by atoms with Gasteiger partial charge < -0.3 is 0 Å². The van der Waals surface area contributed by atoms with Crippen LogP contribution in [0.15, 0.2) is 6.20 Å². The van der Waals surface area contributed by atoms with Crippen LogP contribution in [0.1, 0.15) is 33.4 Å². The Bertz CT molecular complexity index is 203. The lowest BCUT2D eigenvalue weighted by molar-refractivity contribution is 0.472. The molecule has 0 aliphatic carbocycles. The first kappa shape index (κ1) is 11.1. The predicted octanol–water partition coefficient (Wildman–Crippen LogP) is 2.27. The average Bonchev–Trinajstić information content (AvgIpc) is 2.39. The highest BCUT2D eigenvalue weighted by atomic mass is 15.4. The van der Waals surface area contributed by atoms with Crippen molar-refractivity contribution in [3.05, 3.63) is 11.9 Å². The molecule has 0 saturated carbocycles. The highest BCUT2D eigenvalue weighted by Crippen LogP contribution is 1.97. The highest BCUT2D eigenvalue weighted by molar-refractivity contribution is 4.86. The second kappa shape index (κ2) is 5.75. The summed E-state index contributed by atoms with van der Waals surface area (Å²) in [4.78, 5) is 0. The minimum absolute atomic E-state index is 0.640. The van der Waals surface area contributed by atoms with Gasteiger partial charge in [0.15, 0.2) is 0 Å². The lowest BCUT2D eigenvalue weighted by atomic mass is 10.2. The van der Waals surface area contributed by atoms with Crippen molar-refractivity contribution in [2.75, 3.05) is 0 Å². The van der Waals surface area contributed by atoms with Crippen LogP contribution in [0.4, 0.5) is 0 Å². The molecule has 0 saturated heterocycles. The maximum Gasteiger partial charge on any atom is 0.0796 e. The van der Waals surface area contributed by atoms with Gasteiger partial charge >= 0.3 is 0 Å². The third kappa shape index (κ3) is 4.11. The van der Waals surface area contributed by atoms with Crippen molar-refractivity contribution >= 4 is 0 Å². The molecule has 0 bridgehead atoms. The third-order valence-corrected chi connectivity index (χ3v) is 1.21. The molecule has 70 valence electrons. The van der Waals surface area contributed by atoms with Crippen LogP contribution in [0.2, 0.25) is 0 Å². The standard InChI is InChI=1S/C7H13N3.C2H6/c1-6(2)4-10-5-7(3)8-9-10;1-2/h5-6H,4H2,1-3H3;1-2H3. The molecule has 12 heavy (non-hydrogen) atoms. The SMILES string of the molecule is CC.Cc1cn(CC(C)C)nn1. The Morgan fingerprint density at radius 2 is 2.00 bits per heavy atom. The first-order chi connectivity index (χ1) is 5.68. The highest BCUT2D eigenvalue weighted by Gasteiger charge is 1.97. The molecule has 1 aromatic rings. The van der Waals surface area contributed by atoms with E-state index in [1.807, 2.05) is 31.6 Å². The summed E-state index contributed by atoms with van der Waals surface area (Å²) in [5.74, 6) is 0.640. The summed E-state index contributed by atoms with van der Waals surface area (Å²) in [5.41, 5.74) is 0.987. The molecule has 3 heteroatoms. The Morgan fingerprint density at radius 3 is 2.33 bits per heavy atom. The number of aromatic nitrogens is 3. The third-order valence-electron chi connectivity index (χ3n) is 1.21. The van der Waals surface area contributed by atoms with Gasteiger partial charge in [0, 0.05) is 12.7 Å². The molecule has 0 N–H and O–H groups in total. The van der Waals surface area contributed by atoms with Gasteiger partial charge in [-0.1, -0.05) is 32.9 Å². The van der Waals surface area contributed by atoms with Gasteiger partial charge in [-0.15, -0.1) is 5.10 Å². The lowest BCUT2D eigenvalue weighted by Gasteiger charge is -2.01. The summed E-state index contributed by atoms with van der Waals surface area (Å²) >= 11 is 0. The van der Waals surface area contributed by atoms with Crippen molar-refractivity contribution in [2.45, 2.75) is 41.2 Å². The van der Waals surface area contributed by atoms with Gasteiger partial charge in [-0.2, -0.15) is 0 Å². The van der Waals surface area contributed by atoms with Crippen LogP contribution in [0.3, 0.4) is 0 Å². The van der Waals surface area contributed by atoms with E-state index in [1.165, 1.54) is 0 Å². The summed E-state index contributed by atoms with van der Waals surface area (Å²) < 4.78 is 1.88. The van der Waals surface area contributed by atoms with Crippen molar-refractivity contribution in [3.63, 3.8) is 0 Å². The van der Waals surface area contributed by atoms with Gasteiger partial charge in [-0.3, -0.25) is 4.68 Å². The Hall–Kier alpha value is -0.860. The maximum atomic E-state index is 3.92. The molecular weight excluding hydrogens is 150 g/mol. The smallest absolute Gasteiger partial charge is 0.0796 e. The summed E-state index contributed by atoms with van der Waals surface area (Å²) in [6.07, 6.45) is 1.96. The Labute approximate surface area is 74.8 Å². The van der Waals surface area contributed by atoms with E-state index in [-0.39, 0.29) is 0 Å². The van der Waals surface area contributed by atoms with E-state index in [9.17, 15) is 0 Å². The fourth-order valence-electron chi connectivity index (χ4n) is 0.859. The van der Waals surface area contributed by atoms with Crippen LogP contribution in [0.5, 0.6) is 0 Å². The van der Waals surface area contributed by atoms with Gasteiger partial charge in [-0.25, -0.2) is 0 Å². The van der Waals surface area contributed by atoms with Crippen molar-refractivity contribution in [1.29, 1.82) is 0 Å². The van der Waals surface area contributed by atoms with Gasteiger partial charge in [0.2, 0.25) is 0 Å². The summed E-state index contributed by atoms with van der Waals surface area (Å²) in [7, 11) is 0. The quantitative estimate of drug-likeness (QED) is 0.680.